The van der Waals surface area contributed by atoms with Gasteiger partial charge >= 0.3 is 6.03 Å². The molecule has 0 fully saturated rings. The summed E-state index contributed by atoms with van der Waals surface area (Å²) in [5.41, 5.74) is 0. The number of hydrogen-bond donors (Lipinski definition) is 2. The van der Waals surface area contributed by atoms with Gasteiger partial charge in [0, 0.05) is 12.1 Å². The monoisotopic (exact) mass is 260 g/mol. The van der Waals surface area contributed by atoms with Crippen molar-refractivity contribution < 1.29 is 9.21 Å². The maximum atomic E-state index is 11.3. The van der Waals surface area contributed by atoms with Gasteiger partial charge in [0.1, 0.15) is 0 Å². The summed E-state index contributed by atoms with van der Waals surface area (Å²) < 4.78 is 5.71. The maximum Gasteiger partial charge on any atom is 0.321 e. The number of urea groups is 1. The van der Waals surface area contributed by atoms with E-state index in [0.29, 0.717) is 10.6 Å². The van der Waals surface area contributed by atoms with E-state index in [1.807, 2.05) is 13.8 Å². The molecule has 0 aliphatic rings. The van der Waals surface area contributed by atoms with Crippen LogP contribution in [0.1, 0.15) is 20.3 Å². The first kappa shape index (κ1) is 11.1. The number of nitrogens with one attached hydrogen (secondary N) is 2. The first-order valence-corrected chi connectivity index (χ1v) is 5.24. The van der Waals surface area contributed by atoms with Crippen LogP contribution in [0, 0.1) is 0 Å². The lowest BCUT2D eigenvalue weighted by Gasteiger charge is -2.10. The predicted molar refractivity (Wildman–Crippen MR) is 58.3 cm³/mol. The largest absolute Gasteiger partial charge is 0.434 e. The summed E-state index contributed by atoms with van der Waals surface area (Å²) in [6.45, 7) is 3.95. The Morgan fingerprint density at radius 3 is 2.86 bits per heavy atom. The molecule has 0 radical (unpaired) electrons. The number of carbonyl (C=O) groups is 1. The molecule has 0 spiro atoms. The van der Waals surface area contributed by atoms with E-state index in [-0.39, 0.29) is 12.1 Å². The summed E-state index contributed by atoms with van der Waals surface area (Å²) in [5, 5.41) is 5.34. The fraction of sp³-hybridized carbons (Fsp3) is 0.444. The quantitative estimate of drug-likeness (QED) is 0.878. The molecule has 0 aliphatic heterocycles. The lowest BCUT2D eigenvalue weighted by Crippen LogP contribution is -2.35. The van der Waals surface area contributed by atoms with Crippen molar-refractivity contribution in [2.45, 2.75) is 26.3 Å². The van der Waals surface area contributed by atoms with E-state index < -0.39 is 0 Å². The summed E-state index contributed by atoms with van der Waals surface area (Å²) >= 11 is 3.15. The Kier molecular flexibility index (Phi) is 4.00. The van der Waals surface area contributed by atoms with E-state index in [1.165, 1.54) is 0 Å². The highest BCUT2D eigenvalue weighted by atomic mass is 79.9. The van der Waals surface area contributed by atoms with Crippen LogP contribution in [-0.2, 0) is 0 Å². The molecule has 0 aromatic carbocycles. The summed E-state index contributed by atoms with van der Waals surface area (Å²) in [6, 6.07) is 3.31. The molecule has 1 aromatic rings. The van der Waals surface area contributed by atoms with Crippen molar-refractivity contribution in [3.8, 4) is 0 Å². The zero-order chi connectivity index (χ0) is 10.6. The molecule has 2 amide bonds. The van der Waals surface area contributed by atoms with Gasteiger partial charge in [0.15, 0.2) is 4.67 Å². The third-order valence-electron chi connectivity index (χ3n) is 1.80. The van der Waals surface area contributed by atoms with Crippen molar-refractivity contribution in [1.82, 2.24) is 5.32 Å². The second-order valence-corrected chi connectivity index (χ2v) is 3.79. The lowest BCUT2D eigenvalue weighted by molar-refractivity contribution is 0.248. The number of furan rings is 1. The van der Waals surface area contributed by atoms with Gasteiger partial charge in [-0.1, -0.05) is 6.92 Å². The molecule has 1 rings (SSSR count). The molecule has 0 saturated heterocycles. The van der Waals surface area contributed by atoms with Crippen LogP contribution in [-0.4, -0.2) is 12.1 Å². The van der Waals surface area contributed by atoms with Gasteiger partial charge in [-0.15, -0.1) is 0 Å². The van der Waals surface area contributed by atoms with E-state index in [9.17, 15) is 4.79 Å². The zero-order valence-corrected chi connectivity index (χ0v) is 9.72. The van der Waals surface area contributed by atoms with Crippen molar-refractivity contribution in [1.29, 1.82) is 0 Å². The highest BCUT2D eigenvalue weighted by Gasteiger charge is 2.07. The first-order chi connectivity index (χ1) is 6.61. The van der Waals surface area contributed by atoms with Crippen molar-refractivity contribution in [2.24, 2.45) is 0 Å². The molecule has 4 nitrogen and oxygen atoms in total. The van der Waals surface area contributed by atoms with E-state index >= 15 is 0 Å². The van der Waals surface area contributed by atoms with Gasteiger partial charge in [0.05, 0.1) is 0 Å². The molecule has 1 unspecified atom stereocenters. The Bertz CT molecular complexity index is 312. The Hall–Kier alpha value is -0.970. The molecule has 0 aliphatic carbocycles. The molecular weight excluding hydrogens is 248 g/mol. The normalized spacial score (nSPS) is 12.2. The zero-order valence-electron chi connectivity index (χ0n) is 8.13. The van der Waals surface area contributed by atoms with Crippen LogP contribution in [0.5, 0.6) is 0 Å². The molecule has 1 aromatic heterocycles. The third-order valence-corrected chi connectivity index (χ3v) is 2.23. The van der Waals surface area contributed by atoms with E-state index in [2.05, 4.69) is 26.6 Å². The molecule has 14 heavy (non-hydrogen) atoms. The molecule has 78 valence electrons. The standard InChI is InChI=1S/C9H13BrN2O2/c1-3-6(2)11-9(13)12-8-5-4-7(10)14-8/h4-6H,3H2,1-2H3,(H2,11,12,13). The van der Waals surface area contributed by atoms with Gasteiger partial charge < -0.3 is 9.73 Å². The lowest BCUT2D eigenvalue weighted by atomic mass is 10.3. The number of carbonyl (C=O) groups excluding carboxylic acids is 1. The number of amides is 2. The molecule has 0 saturated carbocycles. The van der Waals surface area contributed by atoms with E-state index in [4.69, 9.17) is 4.42 Å². The van der Waals surface area contributed by atoms with E-state index in [0.717, 1.165) is 6.42 Å². The van der Waals surface area contributed by atoms with Crippen LogP contribution in [0.15, 0.2) is 21.2 Å². The fourth-order valence-corrected chi connectivity index (χ4v) is 1.16. The Morgan fingerprint density at radius 1 is 1.64 bits per heavy atom. The summed E-state index contributed by atoms with van der Waals surface area (Å²) in [4.78, 5) is 11.3. The van der Waals surface area contributed by atoms with Crippen molar-refractivity contribution in [3.63, 3.8) is 0 Å². The second-order valence-electron chi connectivity index (χ2n) is 3.01. The molecule has 5 heteroatoms. The Morgan fingerprint density at radius 2 is 2.36 bits per heavy atom. The minimum atomic E-state index is -0.249. The van der Waals surface area contributed by atoms with Crippen molar-refractivity contribution >= 4 is 27.8 Å². The summed E-state index contributed by atoms with van der Waals surface area (Å²) in [5.74, 6) is 0.428. The number of rotatable bonds is 3. The first-order valence-electron chi connectivity index (χ1n) is 4.44. The Balaban J connectivity index is 2.41. The van der Waals surface area contributed by atoms with Crippen LogP contribution in [0.3, 0.4) is 0 Å². The van der Waals surface area contributed by atoms with Crippen LogP contribution in [0.2, 0.25) is 0 Å². The third kappa shape index (κ3) is 3.41. The minimum absolute atomic E-state index is 0.161. The van der Waals surface area contributed by atoms with Crippen LogP contribution in [0.25, 0.3) is 0 Å². The van der Waals surface area contributed by atoms with Crippen molar-refractivity contribution in [3.05, 3.63) is 16.8 Å². The number of halogens is 1. The van der Waals surface area contributed by atoms with Gasteiger partial charge in [0.2, 0.25) is 5.88 Å². The fourth-order valence-electron chi connectivity index (χ4n) is 0.855. The highest BCUT2D eigenvalue weighted by Crippen LogP contribution is 2.17. The molecule has 2 N–H and O–H groups in total. The smallest absolute Gasteiger partial charge is 0.321 e. The van der Waals surface area contributed by atoms with Crippen LogP contribution in [0.4, 0.5) is 10.7 Å². The van der Waals surface area contributed by atoms with Crippen LogP contribution < -0.4 is 10.6 Å². The topological polar surface area (TPSA) is 54.3 Å². The van der Waals surface area contributed by atoms with Gasteiger partial charge in [-0.25, -0.2) is 4.79 Å². The average molecular weight is 261 g/mol. The molecular formula is C9H13BrN2O2. The maximum absolute atomic E-state index is 11.3. The average Bonchev–Trinajstić information content (AvgIpc) is 2.50. The molecule has 1 heterocycles. The van der Waals surface area contributed by atoms with E-state index in [1.54, 1.807) is 12.1 Å². The SMILES string of the molecule is CCC(C)NC(=O)Nc1ccc(Br)o1. The number of anilines is 1. The van der Waals surface area contributed by atoms with Gasteiger partial charge in [-0.3, -0.25) is 5.32 Å². The highest BCUT2D eigenvalue weighted by molar-refractivity contribution is 9.10. The van der Waals surface area contributed by atoms with Crippen molar-refractivity contribution in [2.75, 3.05) is 5.32 Å². The van der Waals surface area contributed by atoms with Gasteiger partial charge in [0.25, 0.3) is 0 Å². The number of hydrogen-bond acceptors (Lipinski definition) is 2. The molecule has 1 atom stereocenters. The summed E-state index contributed by atoms with van der Waals surface area (Å²) in [7, 11) is 0. The Labute approximate surface area is 91.2 Å². The second kappa shape index (κ2) is 5.05. The van der Waals surface area contributed by atoms with Gasteiger partial charge in [-0.05, 0) is 35.3 Å². The summed E-state index contributed by atoms with van der Waals surface area (Å²) in [6.07, 6.45) is 0.898. The minimum Gasteiger partial charge on any atom is -0.434 e. The predicted octanol–water partition coefficient (Wildman–Crippen LogP) is 2.96. The van der Waals surface area contributed by atoms with Crippen LogP contribution >= 0.6 is 15.9 Å². The molecule has 0 bridgehead atoms. The van der Waals surface area contributed by atoms with Gasteiger partial charge in [-0.2, -0.15) is 0 Å².